The van der Waals surface area contributed by atoms with Gasteiger partial charge in [0.25, 0.3) is 0 Å². The summed E-state index contributed by atoms with van der Waals surface area (Å²) in [6.07, 6.45) is 4.95. The number of amides is 1. The third kappa shape index (κ3) is 6.59. The minimum atomic E-state index is 0.0787. The summed E-state index contributed by atoms with van der Waals surface area (Å²) < 4.78 is 1.06. The molecule has 0 atom stereocenters. The summed E-state index contributed by atoms with van der Waals surface area (Å²) in [6, 6.07) is 16.3. The molecule has 0 saturated carbocycles. The first kappa shape index (κ1) is 20.8. The van der Waals surface area contributed by atoms with Crippen molar-refractivity contribution < 1.29 is 4.79 Å². The normalized spacial score (nSPS) is 15.8. The number of carbonyl (C=O) groups is 1. The number of hydrogen-bond donors (Lipinski definition) is 1. The maximum Gasteiger partial charge on any atom is 0.225 e. The minimum Gasteiger partial charge on any atom is -0.326 e. The number of benzene rings is 2. The average Bonchev–Trinajstić information content (AvgIpc) is 2.71. The van der Waals surface area contributed by atoms with Gasteiger partial charge in [-0.3, -0.25) is 9.69 Å². The van der Waals surface area contributed by atoms with E-state index in [1.54, 1.807) is 0 Å². The monoisotopic (exact) mass is 441 g/mol. The molecule has 1 N–H and O–H groups in total. The highest BCUT2D eigenvalue weighted by atomic mass is 79.9. The molecule has 1 fully saturated rings. The molecule has 0 aromatic heterocycles. The molecule has 1 amide bonds. The molecule has 3 rings (SSSR count). The summed E-state index contributed by atoms with van der Waals surface area (Å²) in [6.45, 7) is 7.95. The van der Waals surface area contributed by atoms with Crippen molar-refractivity contribution in [3.8, 4) is 0 Å². The first-order chi connectivity index (χ1) is 13.6. The van der Waals surface area contributed by atoms with Crippen molar-refractivity contribution in [2.45, 2.75) is 13.3 Å². The largest absolute Gasteiger partial charge is 0.326 e. The summed E-state index contributed by atoms with van der Waals surface area (Å²) in [4.78, 5) is 17.1. The fourth-order valence-electron chi connectivity index (χ4n) is 3.30. The third-order valence-electron chi connectivity index (χ3n) is 5.04. The van der Waals surface area contributed by atoms with Crippen LogP contribution in [-0.4, -0.2) is 55.0 Å². The van der Waals surface area contributed by atoms with E-state index in [9.17, 15) is 4.79 Å². The van der Waals surface area contributed by atoms with Crippen LogP contribution in [0, 0.1) is 6.92 Å². The first-order valence-electron chi connectivity index (χ1n) is 9.82. The van der Waals surface area contributed by atoms with Gasteiger partial charge in [0.05, 0.1) is 0 Å². The lowest BCUT2D eigenvalue weighted by atomic mass is 10.2. The van der Waals surface area contributed by atoms with Crippen LogP contribution < -0.4 is 5.32 Å². The smallest absolute Gasteiger partial charge is 0.225 e. The molecular weight excluding hydrogens is 414 g/mol. The van der Waals surface area contributed by atoms with Crippen LogP contribution in [0.25, 0.3) is 6.08 Å². The van der Waals surface area contributed by atoms with Crippen LogP contribution in [0.1, 0.15) is 17.5 Å². The molecule has 1 aliphatic rings. The van der Waals surface area contributed by atoms with Gasteiger partial charge in [-0.2, -0.15) is 0 Å². The SMILES string of the molecule is Cc1cc(NC(=O)CCN2CCN(CC=Cc3ccccc3)CC2)ccc1Br. The zero-order valence-electron chi connectivity index (χ0n) is 16.4. The number of rotatable bonds is 7. The fourth-order valence-corrected chi connectivity index (χ4v) is 3.55. The Bertz CT molecular complexity index is 799. The number of nitrogens with one attached hydrogen (secondary N) is 1. The lowest BCUT2D eigenvalue weighted by Gasteiger charge is -2.34. The average molecular weight is 442 g/mol. The van der Waals surface area contributed by atoms with Crippen molar-refractivity contribution in [2.75, 3.05) is 44.6 Å². The Kier molecular flexibility index (Phi) is 7.83. The summed E-state index contributed by atoms with van der Waals surface area (Å²) in [5.41, 5.74) is 3.23. The molecule has 0 aliphatic carbocycles. The fraction of sp³-hybridized carbons (Fsp3) is 0.348. The Balaban J connectivity index is 1.34. The van der Waals surface area contributed by atoms with E-state index in [4.69, 9.17) is 0 Å². The Morgan fingerprint density at radius 3 is 2.50 bits per heavy atom. The van der Waals surface area contributed by atoms with Gasteiger partial charge in [-0.15, -0.1) is 0 Å². The van der Waals surface area contributed by atoms with Crippen molar-refractivity contribution in [3.63, 3.8) is 0 Å². The van der Waals surface area contributed by atoms with Crippen molar-refractivity contribution >= 4 is 33.6 Å². The quantitative estimate of drug-likeness (QED) is 0.690. The second kappa shape index (κ2) is 10.6. The highest BCUT2D eigenvalue weighted by Gasteiger charge is 2.16. The van der Waals surface area contributed by atoms with E-state index in [0.717, 1.165) is 55.0 Å². The molecule has 5 heteroatoms. The second-order valence-electron chi connectivity index (χ2n) is 7.22. The summed E-state index contributed by atoms with van der Waals surface area (Å²) in [5, 5.41) is 3.00. The van der Waals surface area contributed by atoms with Crippen LogP contribution in [-0.2, 0) is 4.79 Å². The molecule has 1 aliphatic heterocycles. The predicted octanol–water partition coefficient (Wildman–Crippen LogP) is 4.42. The van der Waals surface area contributed by atoms with Gasteiger partial charge in [-0.05, 0) is 36.2 Å². The Labute approximate surface area is 176 Å². The van der Waals surface area contributed by atoms with Gasteiger partial charge < -0.3 is 10.2 Å². The molecule has 0 unspecified atom stereocenters. The molecule has 1 heterocycles. The highest BCUT2D eigenvalue weighted by molar-refractivity contribution is 9.10. The van der Waals surface area contributed by atoms with E-state index >= 15 is 0 Å². The van der Waals surface area contributed by atoms with Crippen LogP contribution in [0.2, 0.25) is 0 Å². The standard InChI is InChI=1S/C23H28BrN3O/c1-19-18-21(9-10-22(19)24)25-23(28)11-13-27-16-14-26(15-17-27)12-5-8-20-6-3-2-4-7-20/h2-10,18H,11-17H2,1H3,(H,25,28). The number of anilines is 1. The molecule has 2 aromatic rings. The molecule has 2 aromatic carbocycles. The minimum absolute atomic E-state index is 0.0787. The zero-order chi connectivity index (χ0) is 19.8. The number of halogens is 1. The molecule has 0 radical (unpaired) electrons. The predicted molar refractivity (Wildman–Crippen MR) is 120 cm³/mol. The lowest BCUT2D eigenvalue weighted by Crippen LogP contribution is -2.46. The van der Waals surface area contributed by atoms with E-state index in [2.05, 4.69) is 67.5 Å². The highest BCUT2D eigenvalue weighted by Crippen LogP contribution is 2.20. The lowest BCUT2D eigenvalue weighted by molar-refractivity contribution is -0.116. The first-order valence-corrected chi connectivity index (χ1v) is 10.6. The number of piperazine rings is 1. The Morgan fingerprint density at radius 2 is 1.79 bits per heavy atom. The van der Waals surface area contributed by atoms with E-state index in [-0.39, 0.29) is 5.91 Å². The number of carbonyl (C=O) groups excluding carboxylic acids is 1. The van der Waals surface area contributed by atoms with E-state index in [0.29, 0.717) is 6.42 Å². The zero-order valence-corrected chi connectivity index (χ0v) is 18.0. The molecule has 28 heavy (non-hydrogen) atoms. The molecule has 1 saturated heterocycles. The van der Waals surface area contributed by atoms with Crippen LogP contribution >= 0.6 is 15.9 Å². The van der Waals surface area contributed by atoms with Crippen LogP contribution in [0.4, 0.5) is 5.69 Å². The van der Waals surface area contributed by atoms with Crippen LogP contribution in [0.3, 0.4) is 0 Å². The molecule has 4 nitrogen and oxygen atoms in total. The van der Waals surface area contributed by atoms with E-state index in [1.807, 2.05) is 31.2 Å². The van der Waals surface area contributed by atoms with Crippen LogP contribution in [0.15, 0.2) is 59.1 Å². The maximum absolute atomic E-state index is 12.2. The van der Waals surface area contributed by atoms with Crippen molar-refractivity contribution in [1.29, 1.82) is 0 Å². The van der Waals surface area contributed by atoms with Crippen molar-refractivity contribution in [1.82, 2.24) is 9.80 Å². The van der Waals surface area contributed by atoms with Crippen LogP contribution in [0.5, 0.6) is 0 Å². The molecule has 0 bridgehead atoms. The van der Waals surface area contributed by atoms with Crippen molar-refractivity contribution in [2.24, 2.45) is 0 Å². The van der Waals surface area contributed by atoms with E-state index in [1.165, 1.54) is 5.56 Å². The van der Waals surface area contributed by atoms with Gasteiger partial charge in [0.15, 0.2) is 0 Å². The van der Waals surface area contributed by atoms with Crippen molar-refractivity contribution in [3.05, 3.63) is 70.2 Å². The second-order valence-corrected chi connectivity index (χ2v) is 8.07. The van der Waals surface area contributed by atoms with Gasteiger partial charge in [0, 0.05) is 55.8 Å². The van der Waals surface area contributed by atoms with Gasteiger partial charge in [0.2, 0.25) is 5.91 Å². The third-order valence-corrected chi connectivity index (χ3v) is 5.92. The summed E-state index contributed by atoms with van der Waals surface area (Å²) in [7, 11) is 0. The van der Waals surface area contributed by atoms with Gasteiger partial charge in [-0.1, -0.05) is 58.4 Å². The summed E-state index contributed by atoms with van der Waals surface area (Å²) >= 11 is 3.48. The molecular formula is C23H28BrN3O. The molecule has 0 spiro atoms. The number of aryl methyl sites for hydroxylation is 1. The number of nitrogens with zero attached hydrogens (tertiary/aromatic N) is 2. The number of hydrogen-bond acceptors (Lipinski definition) is 3. The maximum atomic E-state index is 12.2. The van der Waals surface area contributed by atoms with E-state index < -0.39 is 0 Å². The van der Waals surface area contributed by atoms with Gasteiger partial charge in [0.1, 0.15) is 0 Å². The summed E-state index contributed by atoms with van der Waals surface area (Å²) in [5.74, 6) is 0.0787. The van der Waals surface area contributed by atoms with Gasteiger partial charge in [-0.25, -0.2) is 0 Å². The Hall–Kier alpha value is -1.95. The molecule has 148 valence electrons. The Morgan fingerprint density at radius 1 is 1.07 bits per heavy atom. The topological polar surface area (TPSA) is 35.6 Å². The van der Waals surface area contributed by atoms with Gasteiger partial charge >= 0.3 is 0 Å².